The van der Waals surface area contributed by atoms with E-state index in [-0.39, 0.29) is 24.1 Å². The molecule has 3 aliphatic rings. The first-order valence-electron chi connectivity index (χ1n) is 13.6. The number of fused-ring (bicyclic) bond motifs is 3. The van der Waals surface area contributed by atoms with Gasteiger partial charge in [-0.15, -0.1) is 0 Å². The van der Waals surface area contributed by atoms with Crippen molar-refractivity contribution in [3.63, 3.8) is 0 Å². The molecule has 0 N–H and O–H groups in total. The molecule has 200 valence electrons. The summed E-state index contributed by atoms with van der Waals surface area (Å²) in [5.41, 5.74) is 4.44. The van der Waals surface area contributed by atoms with E-state index in [1.54, 1.807) is 6.07 Å². The van der Waals surface area contributed by atoms with Gasteiger partial charge in [0, 0.05) is 42.5 Å². The molecule has 2 unspecified atom stereocenters. The van der Waals surface area contributed by atoms with Crippen molar-refractivity contribution in [2.75, 3.05) is 26.3 Å². The second-order valence-corrected chi connectivity index (χ2v) is 11.1. The van der Waals surface area contributed by atoms with Crippen molar-refractivity contribution in [3.05, 3.63) is 83.3 Å². The molecule has 2 aliphatic heterocycles. The van der Waals surface area contributed by atoms with E-state index < -0.39 is 0 Å². The highest BCUT2D eigenvalue weighted by Gasteiger charge is 2.42. The molecule has 1 amide bonds. The Morgan fingerprint density at radius 3 is 2.51 bits per heavy atom. The fourth-order valence-corrected chi connectivity index (χ4v) is 5.98. The lowest BCUT2D eigenvalue weighted by molar-refractivity contribution is -0.0818. The third-order valence-corrected chi connectivity index (χ3v) is 8.23. The van der Waals surface area contributed by atoms with Crippen molar-refractivity contribution in [2.45, 2.75) is 44.0 Å². The predicted octanol–water partition coefficient (Wildman–Crippen LogP) is 4.71. The van der Waals surface area contributed by atoms with Crippen LogP contribution in [0.3, 0.4) is 0 Å². The van der Waals surface area contributed by atoms with Crippen molar-refractivity contribution in [1.29, 1.82) is 0 Å². The van der Waals surface area contributed by atoms with Crippen LogP contribution in [0.2, 0.25) is 5.02 Å². The zero-order chi connectivity index (χ0) is 26.3. The van der Waals surface area contributed by atoms with Crippen molar-refractivity contribution < 1.29 is 14.3 Å². The van der Waals surface area contributed by atoms with Crippen molar-refractivity contribution >= 4 is 23.2 Å². The molecule has 5 heterocycles. The van der Waals surface area contributed by atoms with Crippen LogP contribution in [0, 0.1) is 0 Å². The van der Waals surface area contributed by atoms with Gasteiger partial charge in [-0.3, -0.25) is 9.69 Å². The number of pyridine rings is 2. The number of hydrogen-bond donors (Lipinski definition) is 0. The lowest BCUT2D eigenvalue weighted by atomic mass is 9.96. The van der Waals surface area contributed by atoms with Gasteiger partial charge in [-0.2, -0.15) is 0 Å². The van der Waals surface area contributed by atoms with Gasteiger partial charge in [0.15, 0.2) is 0 Å². The Labute approximate surface area is 232 Å². The van der Waals surface area contributed by atoms with Crippen molar-refractivity contribution in [3.8, 4) is 17.1 Å². The highest BCUT2D eigenvalue weighted by atomic mass is 35.5. The molecule has 1 aliphatic carbocycles. The maximum Gasteiger partial charge on any atom is 0.273 e. The smallest absolute Gasteiger partial charge is 0.273 e. The molecule has 8 nitrogen and oxygen atoms in total. The number of nitrogens with zero attached hydrogens (tertiary/aromatic N) is 5. The number of imidazole rings is 1. The van der Waals surface area contributed by atoms with Crippen LogP contribution in [-0.2, 0) is 11.3 Å². The third-order valence-electron chi connectivity index (χ3n) is 7.98. The van der Waals surface area contributed by atoms with Gasteiger partial charge in [0.2, 0.25) is 5.88 Å². The average molecular weight is 544 g/mol. The molecule has 2 saturated heterocycles. The highest BCUT2D eigenvalue weighted by molar-refractivity contribution is 6.30. The first kappa shape index (κ1) is 24.6. The van der Waals surface area contributed by atoms with E-state index in [1.165, 1.54) is 6.42 Å². The zero-order valence-corrected chi connectivity index (χ0v) is 22.3. The number of carbonyl (C=O) groups is 1. The number of ether oxygens (including phenoxy) is 2. The Kier molecular flexibility index (Phi) is 6.46. The van der Waals surface area contributed by atoms with Gasteiger partial charge >= 0.3 is 0 Å². The number of hydrogen-bond acceptors (Lipinski definition) is 6. The van der Waals surface area contributed by atoms with E-state index in [4.69, 9.17) is 26.1 Å². The van der Waals surface area contributed by atoms with Crippen LogP contribution in [-0.4, -0.2) is 74.6 Å². The summed E-state index contributed by atoms with van der Waals surface area (Å²) in [4.78, 5) is 27.6. The second kappa shape index (κ2) is 10.3. The fourth-order valence-electron chi connectivity index (χ4n) is 5.85. The predicted molar refractivity (Wildman–Crippen MR) is 148 cm³/mol. The average Bonchev–Trinajstić information content (AvgIpc) is 3.29. The lowest BCUT2D eigenvalue weighted by Crippen LogP contribution is -2.66. The summed E-state index contributed by atoms with van der Waals surface area (Å²) in [6.07, 6.45) is 5.57. The quantitative estimate of drug-likeness (QED) is 0.351. The third kappa shape index (κ3) is 4.77. The normalized spacial score (nSPS) is 21.6. The summed E-state index contributed by atoms with van der Waals surface area (Å²) in [6.45, 7) is 3.14. The van der Waals surface area contributed by atoms with Crippen LogP contribution in [0.5, 0.6) is 5.88 Å². The molecular formula is C30H30ClN5O3. The van der Waals surface area contributed by atoms with Gasteiger partial charge in [-0.1, -0.05) is 35.9 Å². The molecule has 2 atom stereocenters. The van der Waals surface area contributed by atoms with E-state index in [0.717, 1.165) is 35.4 Å². The highest BCUT2D eigenvalue weighted by Crippen LogP contribution is 2.30. The van der Waals surface area contributed by atoms with Crippen molar-refractivity contribution in [1.82, 2.24) is 24.2 Å². The number of rotatable bonds is 6. The minimum absolute atomic E-state index is 0.0522. The van der Waals surface area contributed by atoms with Gasteiger partial charge in [-0.05, 0) is 49.6 Å². The number of halogens is 1. The maximum atomic E-state index is 13.7. The van der Waals surface area contributed by atoms with Gasteiger partial charge in [0.25, 0.3) is 5.91 Å². The van der Waals surface area contributed by atoms with E-state index >= 15 is 0 Å². The largest absolute Gasteiger partial charge is 0.474 e. The standard InChI is InChI=1S/C30H30ClN5O3/c31-21-12-10-20(11-13-21)29-26(35-14-2-1-8-27(35)33-29)17-34-15-22-18-38-19-23(16-34)36(22)30(37)25-7-4-9-28(32-25)39-24-5-3-6-24/h1-2,4,7-14,22-24H,3,5-6,15-19H2. The topological polar surface area (TPSA) is 72.2 Å². The van der Waals surface area contributed by atoms with Gasteiger partial charge in [-0.25, -0.2) is 9.97 Å². The second-order valence-electron chi connectivity index (χ2n) is 10.6. The Balaban J connectivity index is 1.13. The Morgan fingerprint density at radius 1 is 0.974 bits per heavy atom. The maximum absolute atomic E-state index is 13.7. The van der Waals surface area contributed by atoms with Crippen LogP contribution < -0.4 is 4.74 Å². The molecule has 3 fully saturated rings. The first-order valence-corrected chi connectivity index (χ1v) is 14.0. The summed E-state index contributed by atoms with van der Waals surface area (Å²) in [6, 6.07) is 19.3. The summed E-state index contributed by atoms with van der Waals surface area (Å²) in [5, 5.41) is 0.701. The van der Waals surface area contributed by atoms with Crippen LogP contribution in [0.15, 0.2) is 66.9 Å². The monoisotopic (exact) mass is 543 g/mol. The summed E-state index contributed by atoms with van der Waals surface area (Å²) in [5.74, 6) is 0.483. The summed E-state index contributed by atoms with van der Waals surface area (Å²) in [7, 11) is 0. The molecule has 3 aromatic heterocycles. The van der Waals surface area contributed by atoms with E-state index in [0.29, 0.717) is 49.4 Å². The molecular weight excluding hydrogens is 514 g/mol. The van der Waals surface area contributed by atoms with Gasteiger partial charge in [0.1, 0.15) is 17.4 Å². The molecule has 0 spiro atoms. The van der Waals surface area contributed by atoms with Crippen molar-refractivity contribution in [2.24, 2.45) is 0 Å². The summed E-state index contributed by atoms with van der Waals surface area (Å²) >= 11 is 6.16. The molecule has 9 heteroatoms. The molecule has 4 aromatic rings. The van der Waals surface area contributed by atoms with Crippen LogP contribution in [0.1, 0.15) is 35.4 Å². The summed E-state index contributed by atoms with van der Waals surface area (Å²) < 4.78 is 14.0. The minimum Gasteiger partial charge on any atom is -0.474 e. The van der Waals surface area contributed by atoms with Gasteiger partial charge in [0.05, 0.1) is 36.7 Å². The zero-order valence-electron chi connectivity index (χ0n) is 21.6. The molecule has 1 aromatic carbocycles. The van der Waals surface area contributed by atoms with Crippen LogP contribution in [0.4, 0.5) is 0 Å². The van der Waals surface area contributed by atoms with E-state index in [1.807, 2.05) is 59.5 Å². The number of amides is 1. The molecule has 1 saturated carbocycles. The number of piperazine rings is 1. The SMILES string of the molecule is O=C(c1cccc(OC2CCC2)n1)N1C2COCC1CN(Cc1c(-c3ccc(Cl)cc3)nc3ccccn13)C2. The minimum atomic E-state index is -0.0545. The number of carbonyl (C=O) groups excluding carboxylic acids is 1. The van der Waals surface area contributed by atoms with Crippen LogP contribution in [0.25, 0.3) is 16.9 Å². The molecule has 39 heavy (non-hydrogen) atoms. The molecule has 2 bridgehead atoms. The van der Waals surface area contributed by atoms with Gasteiger partial charge < -0.3 is 18.8 Å². The Bertz CT molecular complexity index is 1490. The number of benzene rings is 1. The van der Waals surface area contributed by atoms with Crippen LogP contribution >= 0.6 is 11.6 Å². The Morgan fingerprint density at radius 2 is 1.77 bits per heavy atom. The molecule has 7 rings (SSSR count). The molecule has 0 radical (unpaired) electrons. The first-order chi connectivity index (χ1) is 19.1. The lowest BCUT2D eigenvalue weighted by Gasteiger charge is -2.49. The van der Waals surface area contributed by atoms with E-state index in [9.17, 15) is 4.79 Å². The Hall–Kier alpha value is -3.46. The number of morpholine rings is 1. The fraction of sp³-hybridized carbons (Fsp3) is 0.367. The van der Waals surface area contributed by atoms with E-state index in [2.05, 4.69) is 20.5 Å². The number of aromatic nitrogens is 3.